The Kier molecular flexibility index (Phi) is 5.23. The van der Waals surface area contributed by atoms with Crippen molar-refractivity contribution in [2.24, 2.45) is 0 Å². The third-order valence-electron chi connectivity index (χ3n) is 3.99. The van der Waals surface area contributed by atoms with Crippen molar-refractivity contribution in [1.29, 1.82) is 0 Å². The van der Waals surface area contributed by atoms with Crippen LogP contribution in [0.25, 0.3) is 0 Å². The first-order chi connectivity index (χ1) is 9.63. The lowest BCUT2D eigenvalue weighted by atomic mass is 10.1. The standard InChI is InChI=1S/C14H24N2O4/c1-2-9-20-11-5-3-7-15(10-11)14(19)16-8-4-6-12(16)13(17)18/h11-12H,2-10H2,1H3,(H,17,18). The van der Waals surface area contributed by atoms with Crippen molar-refractivity contribution in [1.82, 2.24) is 9.80 Å². The second-order valence-electron chi connectivity index (χ2n) is 5.55. The predicted molar refractivity (Wildman–Crippen MR) is 73.6 cm³/mol. The van der Waals surface area contributed by atoms with Crippen molar-refractivity contribution in [3.63, 3.8) is 0 Å². The fraction of sp³-hybridized carbons (Fsp3) is 0.857. The van der Waals surface area contributed by atoms with E-state index in [0.29, 0.717) is 32.7 Å². The molecule has 2 heterocycles. The smallest absolute Gasteiger partial charge is 0.326 e. The SMILES string of the molecule is CCCOC1CCCN(C(=O)N2CCCC2C(=O)O)C1. The predicted octanol–water partition coefficient (Wildman–Crippen LogP) is 1.55. The Hall–Kier alpha value is -1.30. The van der Waals surface area contributed by atoms with E-state index in [1.165, 1.54) is 4.90 Å². The van der Waals surface area contributed by atoms with Crippen LogP contribution in [0.15, 0.2) is 0 Å². The second kappa shape index (κ2) is 6.92. The van der Waals surface area contributed by atoms with Gasteiger partial charge in [-0.25, -0.2) is 9.59 Å². The van der Waals surface area contributed by atoms with Gasteiger partial charge in [0.15, 0.2) is 0 Å². The number of carboxylic acid groups (broad SMARTS) is 1. The first-order valence-electron chi connectivity index (χ1n) is 7.53. The molecule has 0 spiro atoms. The van der Waals surface area contributed by atoms with E-state index >= 15 is 0 Å². The van der Waals surface area contributed by atoms with Gasteiger partial charge in [-0.15, -0.1) is 0 Å². The van der Waals surface area contributed by atoms with E-state index in [-0.39, 0.29) is 12.1 Å². The van der Waals surface area contributed by atoms with E-state index in [1.54, 1.807) is 4.90 Å². The Morgan fingerprint density at radius 1 is 1.25 bits per heavy atom. The fourth-order valence-corrected chi connectivity index (χ4v) is 2.97. The number of aliphatic carboxylic acids is 1. The Morgan fingerprint density at radius 3 is 2.70 bits per heavy atom. The van der Waals surface area contributed by atoms with Gasteiger partial charge >= 0.3 is 12.0 Å². The molecule has 0 saturated carbocycles. The number of likely N-dealkylation sites (tertiary alicyclic amines) is 2. The van der Waals surface area contributed by atoms with E-state index in [9.17, 15) is 9.59 Å². The molecule has 0 aliphatic carbocycles. The van der Waals surface area contributed by atoms with Crippen LogP contribution in [0.4, 0.5) is 4.79 Å². The minimum Gasteiger partial charge on any atom is -0.480 e. The van der Waals surface area contributed by atoms with Gasteiger partial charge in [-0.2, -0.15) is 0 Å². The summed E-state index contributed by atoms with van der Waals surface area (Å²) in [6, 6.07) is -0.792. The molecule has 0 bridgehead atoms. The van der Waals surface area contributed by atoms with Crippen molar-refractivity contribution < 1.29 is 19.4 Å². The number of urea groups is 1. The molecule has 2 atom stereocenters. The Bertz CT molecular complexity index is 361. The molecule has 0 aromatic carbocycles. The lowest BCUT2D eigenvalue weighted by Crippen LogP contribution is -2.52. The van der Waals surface area contributed by atoms with Crippen LogP contribution >= 0.6 is 0 Å². The molecule has 0 radical (unpaired) electrons. The summed E-state index contributed by atoms with van der Waals surface area (Å²) >= 11 is 0. The van der Waals surface area contributed by atoms with Crippen LogP contribution in [-0.2, 0) is 9.53 Å². The summed E-state index contributed by atoms with van der Waals surface area (Å²) in [6.07, 6.45) is 4.30. The number of rotatable bonds is 4. The van der Waals surface area contributed by atoms with Gasteiger partial charge in [-0.05, 0) is 32.1 Å². The summed E-state index contributed by atoms with van der Waals surface area (Å²) < 4.78 is 5.72. The molecule has 2 fully saturated rings. The van der Waals surface area contributed by atoms with Crippen LogP contribution in [0.5, 0.6) is 0 Å². The van der Waals surface area contributed by atoms with Gasteiger partial charge in [0.2, 0.25) is 0 Å². The van der Waals surface area contributed by atoms with Crippen LogP contribution in [0, 0.1) is 0 Å². The van der Waals surface area contributed by atoms with Crippen molar-refractivity contribution in [2.45, 2.75) is 51.2 Å². The second-order valence-corrected chi connectivity index (χ2v) is 5.55. The average molecular weight is 284 g/mol. The first kappa shape index (κ1) is 15.1. The van der Waals surface area contributed by atoms with E-state index in [4.69, 9.17) is 9.84 Å². The van der Waals surface area contributed by atoms with Crippen molar-refractivity contribution in [2.75, 3.05) is 26.2 Å². The number of amides is 2. The Morgan fingerprint density at radius 2 is 2.00 bits per heavy atom. The fourth-order valence-electron chi connectivity index (χ4n) is 2.97. The molecule has 2 amide bonds. The van der Waals surface area contributed by atoms with E-state index < -0.39 is 12.0 Å². The summed E-state index contributed by atoms with van der Waals surface area (Å²) in [7, 11) is 0. The van der Waals surface area contributed by atoms with Gasteiger partial charge < -0.3 is 19.6 Å². The third-order valence-corrected chi connectivity index (χ3v) is 3.99. The summed E-state index contributed by atoms with van der Waals surface area (Å²) in [4.78, 5) is 26.9. The third kappa shape index (κ3) is 3.42. The number of carbonyl (C=O) groups is 2. The molecule has 2 rings (SSSR count). The molecule has 2 aliphatic rings. The van der Waals surface area contributed by atoms with Gasteiger partial charge in [0.1, 0.15) is 6.04 Å². The van der Waals surface area contributed by atoms with Crippen molar-refractivity contribution in [3.8, 4) is 0 Å². The van der Waals surface area contributed by atoms with Gasteiger partial charge in [-0.3, -0.25) is 0 Å². The van der Waals surface area contributed by atoms with Crippen LogP contribution in [-0.4, -0.2) is 65.3 Å². The molecule has 6 heteroatoms. The quantitative estimate of drug-likeness (QED) is 0.850. The monoisotopic (exact) mass is 284 g/mol. The zero-order valence-electron chi connectivity index (χ0n) is 12.1. The number of piperidine rings is 1. The van der Waals surface area contributed by atoms with E-state index in [1.807, 2.05) is 0 Å². The highest BCUT2D eigenvalue weighted by atomic mass is 16.5. The van der Waals surface area contributed by atoms with Crippen LogP contribution in [0.1, 0.15) is 39.0 Å². The highest BCUT2D eigenvalue weighted by Gasteiger charge is 2.37. The largest absolute Gasteiger partial charge is 0.480 e. The zero-order chi connectivity index (χ0) is 14.5. The number of carboxylic acids is 1. The summed E-state index contributed by atoms with van der Waals surface area (Å²) in [5.74, 6) is -0.897. The van der Waals surface area contributed by atoms with Gasteiger partial charge in [0.05, 0.1) is 6.10 Å². The molecule has 1 N–H and O–H groups in total. The van der Waals surface area contributed by atoms with Gasteiger partial charge in [-0.1, -0.05) is 6.92 Å². The summed E-state index contributed by atoms with van der Waals surface area (Å²) in [6.45, 7) is 4.61. The van der Waals surface area contributed by atoms with Gasteiger partial charge in [0, 0.05) is 26.2 Å². The van der Waals surface area contributed by atoms with Crippen LogP contribution in [0.3, 0.4) is 0 Å². The molecule has 2 unspecified atom stereocenters. The Labute approximate surface area is 119 Å². The number of nitrogens with zero attached hydrogens (tertiary/aromatic N) is 2. The highest BCUT2D eigenvalue weighted by Crippen LogP contribution is 2.22. The maximum atomic E-state index is 12.5. The molecule has 0 aromatic heterocycles. The lowest BCUT2D eigenvalue weighted by molar-refractivity contribution is -0.141. The molecule has 20 heavy (non-hydrogen) atoms. The molecule has 2 saturated heterocycles. The van der Waals surface area contributed by atoms with Crippen molar-refractivity contribution >= 4 is 12.0 Å². The molecular weight excluding hydrogens is 260 g/mol. The maximum Gasteiger partial charge on any atom is 0.326 e. The first-order valence-corrected chi connectivity index (χ1v) is 7.53. The maximum absolute atomic E-state index is 12.5. The van der Waals surface area contributed by atoms with E-state index in [0.717, 1.165) is 25.7 Å². The lowest BCUT2D eigenvalue weighted by Gasteiger charge is -2.36. The molecular formula is C14H24N2O4. The minimum absolute atomic E-state index is 0.0959. The molecule has 0 aromatic rings. The Balaban J connectivity index is 1.92. The zero-order valence-corrected chi connectivity index (χ0v) is 12.1. The van der Waals surface area contributed by atoms with Gasteiger partial charge in [0.25, 0.3) is 0 Å². The number of ether oxygens (including phenoxy) is 1. The normalized spacial score (nSPS) is 26.9. The number of hydrogen-bond donors (Lipinski definition) is 1. The summed E-state index contributed by atoms with van der Waals surface area (Å²) in [5.41, 5.74) is 0. The minimum atomic E-state index is -0.897. The van der Waals surface area contributed by atoms with E-state index in [2.05, 4.69) is 6.92 Å². The topological polar surface area (TPSA) is 70.1 Å². The van der Waals surface area contributed by atoms with Crippen LogP contribution < -0.4 is 0 Å². The molecule has 6 nitrogen and oxygen atoms in total. The number of carbonyl (C=O) groups excluding carboxylic acids is 1. The van der Waals surface area contributed by atoms with Crippen LogP contribution in [0.2, 0.25) is 0 Å². The van der Waals surface area contributed by atoms with Crippen molar-refractivity contribution in [3.05, 3.63) is 0 Å². The molecule has 114 valence electrons. The highest BCUT2D eigenvalue weighted by molar-refractivity contribution is 5.83. The summed E-state index contributed by atoms with van der Waals surface area (Å²) in [5, 5.41) is 9.16. The molecule has 2 aliphatic heterocycles. The average Bonchev–Trinajstić information content (AvgIpc) is 2.94. The number of hydrogen-bond acceptors (Lipinski definition) is 3.